The summed E-state index contributed by atoms with van der Waals surface area (Å²) in [5, 5.41) is 15.3. The van der Waals surface area contributed by atoms with Gasteiger partial charge in [0.2, 0.25) is 5.91 Å². The third-order valence-corrected chi connectivity index (χ3v) is 5.86. The number of aliphatic carboxylic acids is 1. The van der Waals surface area contributed by atoms with Gasteiger partial charge in [-0.25, -0.2) is 4.79 Å². The molecule has 0 heterocycles. The minimum Gasteiger partial charge on any atom is -0.475 e. The normalized spacial score (nSPS) is 14.7. The average Bonchev–Trinajstić information content (AvgIpc) is 3.58. The van der Waals surface area contributed by atoms with Gasteiger partial charge in [-0.1, -0.05) is 48.5 Å². The van der Waals surface area contributed by atoms with Gasteiger partial charge in [-0.2, -0.15) is 13.2 Å². The van der Waals surface area contributed by atoms with Crippen molar-refractivity contribution in [1.29, 1.82) is 0 Å². The lowest BCUT2D eigenvalue weighted by Crippen LogP contribution is -2.37. The monoisotopic (exact) mass is 501 g/mol. The third-order valence-electron chi connectivity index (χ3n) is 5.86. The molecule has 1 aliphatic rings. The summed E-state index contributed by atoms with van der Waals surface area (Å²) >= 11 is 0. The summed E-state index contributed by atoms with van der Waals surface area (Å²) in [6.07, 6.45) is -3.69. The van der Waals surface area contributed by atoms with Crippen molar-refractivity contribution in [3.63, 3.8) is 0 Å². The molecule has 5 N–H and O–H groups in total. The van der Waals surface area contributed by atoms with E-state index < -0.39 is 17.7 Å². The van der Waals surface area contributed by atoms with Gasteiger partial charge >= 0.3 is 12.1 Å². The fraction of sp³-hybridized carbons (Fsp3) is 0.269. The molecule has 1 aliphatic carbocycles. The summed E-state index contributed by atoms with van der Waals surface area (Å²) in [5.74, 6) is -3.13. The molecule has 0 bridgehead atoms. The van der Waals surface area contributed by atoms with Gasteiger partial charge < -0.3 is 21.5 Å². The number of carboxylic acids is 1. The Kier molecular flexibility index (Phi) is 7.68. The van der Waals surface area contributed by atoms with E-state index in [-0.39, 0.29) is 17.9 Å². The number of alkyl halides is 3. The molecule has 0 spiro atoms. The molecule has 36 heavy (non-hydrogen) atoms. The number of halogens is 3. The van der Waals surface area contributed by atoms with Gasteiger partial charge in [0.25, 0.3) is 5.91 Å². The molecule has 0 saturated heterocycles. The van der Waals surface area contributed by atoms with Crippen molar-refractivity contribution in [3.05, 3.63) is 77.4 Å². The summed E-state index contributed by atoms with van der Waals surface area (Å²) < 4.78 is 31.7. The van der Waals surface area contributed by atoms with Gasteiger partial charge in [0.15, 0.2) is 0 Å². The molecule has 3 aromatic rings. The number of carboxylic acid groups (broad SMARTS) is 1. The van der Waals surface area contributed by atoms with Gasteiger partial charge in [-0.05, 0) is 60.7 Å². The zero-order valence-corrected chi connectivity index (χ0v) is 19.6. The number of carbonyl (C=O) groups is 3. The number of hydrogen-bond donors (Lipinski definition) is 4. The van der Waals surface area contributed by atoms with E-state index in [0.717, 1.165) is 21.9 Å². The maximum absolute atomic E-state index is 13.0. The van der Waals surface area contributed by atoms with Crippen molar-refractivity contribution < 1.29 is 32.7 Å². The smallest absolute Gasteiger partial charge is 0.475 e. The Morgan fingerprint density at radius 3 is 2.25 bits per heavy atom. The number of fused-ring (bicyclic) bond motifs is 1. The topological polar surface area (TPSA) is 122 Å². The van der Waals surface area contributed by atoms with E-state index in [2.05, 4.69) is 28.8 Å². The van der Waals surface area contributed by atoms with Crippen molar-refractivity contribution in [1.82, 2.24) is 5.32 Å². The lowest BCUT2D eigenvalue weighted by Gasteiger charge is -2.18. The maximum atomic E-state index is 13.0. The highest BCUT2D eigenvalue weighted by Crippen LogP contribution is 2.33. The first-order chi connectivity index (χ1) is 16.8. The lowest BCUT2D eigenvalue weighted by molar-refractivity contribution is -0.192. The van der Waals surface area contributed by atoms with Gasteiger partial charge in [0.1, 0.15) is 0 Å². The fourth-order valence-corrected chi connectivity index (χ4v) is 3.54. The van der Waals surface area contributed by atoms with Crippen LogP contribution in [-0.4, -0.2) is 34.6 Å². The highest BCUT2D eigenvalue weighted by molar-refractivity contribution is 6.02. The van der Waals surface area contributed by atoms with E-state index in [9.17, 15) is 22.8 Å². The number of benzene rings is 3. The molecular formula is C26H26F3N3O4. The molecule has 190 valence electrons. The Labute approximate surface area is 205 Å². The van der Waals surface area contributed by atoms with Crippen molar-refractivity contribution in [3.8, 4) is 0 Å². The molecule has 0 aromatic heterocycles. The first-order valence-corrected chi connectivity index (χ1v) is 11.1. The Balaban J connectivity index is 0.000000454. The van der Waals surface area contributed by atoms with Crippen LogP contribution < -0.4 is 16.4 Å². The van der Waals surface area contributed by atoms with Crippen molar-refractivity contribution in [2.45, 2.75) is 44.4 Å². The van der Waals surface area contributed by atoms with Crippen LogP contribution in [0.5, 0.6) is 0 Å². The molecule has 4 rings (SSSR count). The number of aryl methyl sites for hydroxylation is 1. The Hall–Kier alpha value is -3.92. The molecule has 0 radical (unpaired) electrons. The average molecular weight is 502 g/mol. The molecule has 1 atom stereocenters. The first kappa shape index (κ1) is 26.7. The minimum atomic E-state index is -5.08. The second-order valence-corrected chi connectivity index (χ2v) is 8.71. The van der Waals surface area contributed by atoms with Crippen LogP contribution >= 0.6 is 0 Å². The van der Waals surface area contributed by atoms with E-state index in [1.54, 1.807) is 12.1 Å². The van der Waals surface area contributed by atoms with Crippen LogP contribution in [0.15, 0.2) is 60.7 Å². The second-order valence-electron chi connectivity index (χ2n) is 8.71. The predicted octanol–water partition coefficient (Wildman–Crippen LogP) is 4.70. The molecule has 1 fully saturated rings. The van der Waals surface area contributed by atoms with E-state index in [4.69, 9.17) is 15.6 Å². The fourth-order valence-electron chi connectivity index (χ4n) is 3.54. The molecule has 2 amide bonds. The van der Waals surface area contributed by atoms with E-state index >= 15 is 0 Å². The van der Waals surface area contributed by atoms with Gasteiger partial charge in [-0.3, -0.25) is 9.59 Å². The zero-order chi connectivity index (χ0) is 26.7. The molecule has 1 saturated carbocycles. The molecule has 3 aromatic carbocycles. The summed E-state index contributed by atoms with van der Waals surface area (Å²) in [5.41, 5.74) is 8.23. The number of anilines is 1. The van der Waals surface area contributed by atoms with Gasteiger partial charge in [-0.15, -0.1) is 0 Å². The van der Waals surface area contributed by atoms with Crippen molar-refractivity contribution >= 4 is 34.2 Å². The number of hydrogen-bond acceptors (Lipinski definition) is 4. The number of carbonyl (C=O) groups excluding carboxylic acids is 2. The maximum Gasteiger partial charge on any atom is 0.490 e. The van der Waals surface area contributed by atoms with Gasteiger partial charge in [0, 0.05) is 11.3 Å². The second kappa shape index (κ2) is 10.4. The van der Waals surface area contributed by atoms with Gasteiger partial charge in [0.05, 0.1) is 11.6 Å². The minimum absolute atomic E-state index is 0.162. The number of nitrogens with one attached hydrogen (secondary N) is 2. The summed E-state index contributed by atoms with van der Waals surface area (Å²) in [4.78, 5) is 34.1. The lowest BCUT2D eigenvalue weighted by atomic mass is 9.99. The standard InChI is InChI=1S/C24H25N3O2.C2HF3O2/c1-15-10-11-18(27-23(29)24(25)12-13-24)14-21(15)22(28)26-16(2)19-9-5-7-17-6-3-4-8-20(17)19;3-2(4,5)1(6)7/h3-11,14,16H,12-13,25H2,1-2H3,(H,26,28)(H,27,29);(H,6,7)/t16-;/m1./s1. The zero-order valence-electron chi connectivity index (χ0n) is 19.6. The Bertz CT molecular complexity index is 1300. The third kappa shape index (κ3) is 6.39. The Morgan fingerprint density at radius 1 is 1.03 bits per heavy atom. The van der Waals surface area contributed by atoms with E-state index in [1.165, 1.54) is 0 Å². The highest BCUT2D eigenvalue weighted by Gasteiger charge is 2.46. The predicted molar refractivity (Wildman–Crippen MR) is 129 cm³/mol. The van der Waals surface area contributed by atoms with Crippen LogP contribution in [-0.2, 0) is 9.59 Å². The SMILES string of the molecule is Cc1ccc(NC(=O)C2(N)CC2)cc1C(=O)N[C@H](C)c1cccc2ccccc12.O=C(O)C(F)(F)F. The number of rotatable bonds is 5. The van der Waals surface area contributed by atoms with Crippen LogP contribution in [0.1, 0.15) is 47.3 Å². The molecular weight excluding hydrogens is 475 g/mol. The van der Waals surface area contributed by atoms with Crippen LogP contribution in [0, 0.1) is 6.92 Å². The molecule has 10 heteroatoms. The van der Waals surface area contributed by atoms with Crippen LogP contribution in [0.25, 0.3) is 10.8 Å². The summed E-state index contributed by atoms with van der Waals surface area (Å²) in [6.45, 7) is 3.86. The first-order valence-electron chi connectivity index (χ1n) is 11.1. The highest BCUT2D eigenvalue weighted by atomic mass is 19.4. The van der Waals surface area contributed by atoms with E-state index in [0.29, 0.717) is 24.1 Å². The van der Waals surface area contributed by atoms with Crippen LogP contribution in [0.3, 0.4) is 0 Å². The summed E-state index contributed by atoms with van der Waals surface area (Å²) in [7, 11) is 0. The van der Waals surface area contributed by atoms with E-state index in [1.807, 2.05) is 44.2 Å². The molecule has 0 aliphatic heterocycles. The van der Waals surface area contributed by atoms with Crippen LogP contribution in [0.2, 0.25) is 0 Å². The Morgan fingerprint density at radius 2 is 1.64 bits per heavy atom. The number of nitrogens with two attached hydrogens (primary N) is 1. The molecule has 0 unspecified atom stereocenters. The molecule has 7 nitrogen and oxygen atoms in total. The number of amides is 2. The summed E-state index contributed by atoms with van der Waals surface area (Å²) in [6, 6.07) is 19.4. The van der Waals surface area contributed by atoms with Crippen LogP contribution in [0.4, 0.5) is 18.9 Å². The van der Waals surface area contributed by atoms with Crippen molar-refractivity contribution in [2.24, 2.45) is 5.73 Å². The largest absolute Gasteiger partial charge is 0.490 e. The quantitative estimate of drug-likeness (QED) is 0.404. The van der Waals surface area contributed by atoms with Crippen molar-refractivity contribution in [2.75, 3.05) is 5.32 Å².